The fraction of sp³-hybridized carbons (Fsp3) is 0.556. The molecule has 1 aliphatic heterocycles. The van der Waals surface area contributed by atoms with E-state index in [9.17, 15) is 19.1 Å². The van der Waals surface area contributed by atoms with Gasteiger partial charge in [-0.3, -0.25) is 14.3 Å². The van der Waals surface area contributed by atoms with E-state index in [-0.39, 0.29) is 0 Å². The molecular weight excluding hydrogens is 277 g/mol. The van der Waals surface area contributed by atoms with Crippen molar-refractivity contribution in [1.29, 1.82) is 0 Å². The third kappa shape index (κ3) is 2.30. The highest BCUT2D eigenvalue weighted by Gasteiger charge is 2.44. The molecule has 0 bridgehead atoms. The van der Waals surface area contributed by atoms with Crippen LogP contribution in [0.1, 0.15) is 6.23 Å². The molecule has 2 rings (SSSR count). The number of halogens is 1. The van der Waals surface area contributed by atoms with Gasteiger partial charge in [-0.15, -0.1) is 0 Å². The molecule has 0 unspecified atom stereocenters. The second-order valence-electron chi connectivity index (χ2n) is 4.08. The van der Waals surface area contributed by atoms with Gasteiger partial charge in [0.1, 0.15) is 6.10 Å². The number of hydrogen-bond donors (Lipinski definition) is 3. The molecule has 1 aromatic heterocycles. The van der Waals surface area contributed by atoms with Crippen LogP contribution in [-0.4, -0.2) is 44.6 Å². The van der Waals surface area contributed by atoms with Crippen LogP contribution in [0.2, 0.25) is 0 Å². The summed E-state index contributed by atoms with van der Waals surface area (Å²) in [6.07, 6.45) is -3.34. The third-order valence-corrected chi connectivity index (χ3v) is 2.90. The molecule has 0 radical (unpaired) electrons. The van der Waals surface area contributed by atoms with Gasteiger partial charge in [-0.25, -0.2) is 4.79 Å². The Balaban J connectivity index is 2.44. The highest BCUT2D eigenvalue weighted by atomic mass is 19.1. The average molecular weight is 287 g/mol. The average Bonchev–Trinajstić information content (AvgIpc) is 2.72. The van der Waals surface area contributed by atoms with Crippen molar-refractivity contribution in [3.63, 3.8) is 0 Å². The second-order valence-corrected chi connectivity index (χ2v) is 4.08. The number of H-pyrrole nitrogens is 1. The number of aromatic nitrogens is 2. The van der Waals surface area contributed by atoms with Gasteiger partial charge < -0.3 is 14.9 Å². The fourth-order valence-corrected chi connectivity index (χ4v) is 1.96. The summed E-state index contributed by atoms with van der Waals surface area (Å²) >= 11 is 0. The molecule has 1 fully saturated rings. The van der Waals surface area contributed by atoms with Gasteiger partial charge in [0.25, 0.3) is 5.56 Å². The fourth-order valence-electron chi connectivity index (χ4n) is 1.96. The molecular formula is C9H10FN5O5. The minimum atomic E-state index is -1.48. The molecule has 4 atom stereocenters. The van der Waals surface area contributed by atoms with Gasteiger partial charge in [0.05, 0.1) is 24.9 Å². The third-order valence-electron chi connectivity index (χ3n) is 2.90. The van der Waals surface area contributed by atoms with Crippen molar-refractivity contribution in [1.82, 2.24) is 9.55 Å². The summed E-state index contributed by atoms with van der Waals surface area (Å²) < 4.78 is 19.0. The number of aliphatic hydroxyl groups excluding tert-OH is 2. The standard InChI is InChI=1S/C9H10FN5O5/c10-3-1-15(9(19)12-7(3)18)8-6(17)5(13-14-11)4(2-16)20-8/h1,4-6,8,16-17H,2H2,(H,12,18,19)/t4-,5+,6+,8-/m0/s1. The van der Waals surface area contributed by atoms with Crippen LogP contribution in [0, 0.1) is 5.82 Å². The largest absolute Gasteiger partial charge is 0.394 e. The number of nitrogens with zero attached hydrogens (tertiary/aromatic N) is 4. The van der Waals surface area contributed by atoms with Crippen molar-refractivity contribution in [2.24, 2.45) is 5.11 Å². The van der Waals surface area contributed by atoms with E-state index in [1.165, 1.54) is 0 Å². The number of aliphatic hydroxyl groups is 2. The minimum absolute atomic E-state index is 0.571. The molecule has 0 aliphatic carbocycles. The molecule has 3 N–H and O–H groups in total. The van der Waals surface area contributed by atoms with Crippen LogP contribution in [0.15, 0.2) is 20.9 Å². The van der Waals surface area contributed by atoms with Gasteiger partial charge in [-0.2, -0.15) is 4.39 Å². The first-order valence-electron chi connectivity index (χ1n) is 5.49. The van der Waals surface area contributed by atoms with Crippen LogP contribution in [0.4, 0.5) is 4.39 Å². The molecule has 0 amide bonds. The Morgan fingerprint density at radius 1 is 1.60 bits per heavy atom. The second kappa shape index (κ2) is 5.43. The minimum Gasteiger partial charge on any atom is -0.394 e. The molecule has 0 saturated carbocycles. The van der Waals surface area contributed by atoms with Crippen molar-refractivity contribution >= 4 is 0 Å². The SMILES string of the molecule is [N-]=[N+]=N[C@H]1[C@@H](O)[C@@H](n2cc(F)c(=O)[nH]c2=O)O[C@H]1CO. The maximum Gasteiger partial charge on any atom is 0.330 e. The maximum atomic E-state index is 13.2. The topological polar surface area (TPSA) is 153 Å². The van der Waals surface area contributed by atoms with Crippen LogP contribution in [0.3, 0.4) is 0 Å². The van der Waals surface area contributed by atoms with Crippen LogP contribution >= 0.6 is 0 Å². The lowest BCUT2D eigenvalue weighted by Crippen LogP contribution is -2.38. The first-order chi connectivity index (χ1) is 9.49. The zero-order chi connectivity index (χ0) is 14.9. The first-order valence-corrected chi connectivity index (χ1v) is 5.49. The van der Waals surface area contributed by atoms with Crippen LogP contribution < -0.4 is 11.2 Å². The molecule has 11 heteroatoms. The number of aromatic amines is 1. The molecule has 2 heterocycles. The monoisotopic (exact) mass is 287 g/mol. The zero-order valence-corrected chi connectivity index (χ0v) is 9.88. The molecule has 1 aliphatic rings. The van der Waals surface area contributed by atoms with Gasteiger partial charge in [-0.1, -0.05) is 5.11 Å². The van der Waals surface area contributed by atoms with E-state index in [1.54, 1.807) is 4.98 Å². The number of hydrogen-bond acceptors (Lipinski definition) is 6. The van der Waals surface area contributed by atoms with Crippen molar-refractivity contribution in [3.8, 4) is 0 Å². The lowest BCUT2D eigenvalue weighted by Gasteiger charge is -2.17. The molecule has 108 valence electrons. The number of ether oxygens (including phenoxy) is 1. The Hall–Kier alpha value is -2.20. The van der Waals surface area contributed by atoms with E-state index in [4.69, 9.17) is 15.4 Å². The van der Waals surface area contributed by atoms with E-state index < -0.39 is 48.2 Å². The molecule has 1 saturated heterocycles. The quantitative estimate of drug-likeness (QED) is 0.354. The summed E-state index contributed by atoms with van der Waals surface area (Å²) in [4.78, 5) is 26.7. The normalized spacial score (nSPS) is 29.1. The summed E-state index contributed by atoms with van der Waals surface area (Å²) in [6, 6.07) is -1.14. The molecule has 20 heavy (non-hydrogen) atoms. The van der Waals surface area contributed by atoms with Crippen molar-refractivity contribution < 1.29 is 19.3 Å². The summed E-state index contributed by atoms with van der Waals surface area (Å²) in [5, 5.41) is 22.3. The van der Waals surface area contributed by atoms with Crippen molar-refractivity contribution in [2.75, 3.05) is 6.61 Å². The smallest absolute Gasteiger partial charge is 0.330 e. The summed E-state index contributed by atoms with van der Waals surface area (Å²) in [5.41, 5.74) is 6.18. The lowest BCUT2D eigenvalue weighted by molar-refractivity contribution is -0.0536. The van der Waals surface area contributed by atoms with E-state index in [2.05, 4.69) is 10.0 Å². The number of azide groups is 1. The summed E-state index contributed by atoms with van der Waals surface area (Å²) in [6.45, 7) is -0.572. The number of nitrogens with one attached hydrogen (secondary N) is 1. The van der Waals surface area contributed by atoms with E-state index in [0.717, 1.165) is 0 Å². The van der Waals surface area contributed by atoms with Crippen LogP contribution in [0.5, 0.6) is 0 Å². The van der Waals surface area contributed by atoms with E-state index in [1.807, 2.05) is 0 Å². The van der Waals surface area contributed by atoms with Crippen molar-refractivity contribution in [2.45, 2.75) is 24.5 Å². The zero-order valence-electron chi connectivity index (χ0n) is 9.88. The predicted molar refractivity (Wildman–Crippen MR) is 61.2 cm³/mol. The summed E-state index contributed by atoms with van der Waals surface area (Å²) in [5.74, 6) is -1.24. The number of rotatable bonds is 3. The molecule has 1 aromatic rings. The van der Waals surface area contributed by atoms with E-state index in [0.29, 0.717) is 10.8 Å². The van der Waals surface area contributed by atoms with Crippen LogP contribution in [-0.2, 0) is 4.74 Å². The Morgan fingerprint density at radius 2 is 2.30 bits per heavy atom. The Labute approximate surface area is 109 Å². The van der Waals surface area contributed by atoms with Gasteiger partial charge in [0.2, 0.25) is 5.82 Å². The molecule has 0 aromatic carbocycles. The highest BCUT2D eigenvalue weighted by Crippen LogP contribution is 2.30. The Bertz CT molecular complexity index is 665. The lowest BCUT2D eigenvalue weighted by atomic mass is 10.1. The molecule has 0 spiro atoms. The van der Waals surface area contributed by atoms with Crippen molar-refractivity contribution in [3.05, 3.63) is 43.3 Å². The van der Waals surface area contributed by atoms with Gasteiger partial charge in [0.15, 0.2) is 6.23 Å². The Morgan fingerprint density at radius 3 is 2.90 bits per heavy atom. The van der Waals surface area contributed by atoms with Gasteiger partial charge >= 0.3 is 5.69 Å². The summed E-state index contributed by atoms with van der Waals surface area (Å²) in [7, 11) is 0. The van der Waals surface area contributed by atoms with E-state index >= 15 is 0 Å². The Kier molecular flexibility index (Phi) is 3.86. The first kappa shape index (κ1) is 14.2. The van der Waals surface area contributed by atoms with Gasteiger partial charge in [-0.05, 0) is 5.53 Å². The predicted octanol–water partition coefficient (Wildman–Crippen LogP) is -1.39. The van der Waals surface area contributed by atoms with Crippen LogP contribution in [0.25, 0.3) is 10.4 Å². The maximum absolute atomic E-state index is 13.2. The highest BCUT2D eigenvalue weighted by molar-refractivity contribution is 4.97. The van der Waals surface area contributed by atoms with Gasteiger partial charge in [0, 0.05) is 4.91 Å². The molecule has 10 nitrogen and oxygen atoms in total.